The quantitative estimate of drug-likeness (QED) is 0.819. The second-order valence-corrected chi connectivity index (χ2v) is 3.65. The van der Waals surface area contributed by atoms with E-state index in [1.165, 1.54) is 16.7 Å². The van der Waals surface area contributed by atoms with Crippen molar-refractivity contribution in [2.24, 2.45) is 0 Å². The SMILES string of the molecule is CCc1ccccc1-c1ccccc1.O=[PH+]O. The summed E-state index contributed by atoms with van der Waals surface area (Å²) in [6.45, 7) is 2.20. The minimum Gasteiger partial charge on any atom is -0.162 e. The zero-order valence-electron chi connectivity index (χ0n) is 9.76. The number of benzene rings is 2. The lowest BCUT2D eigenvalue weighted by Crippen LogP contribution is -1.85. The second kappa shape index (κ2) is 7.72. The monoisotopic (exact) mass is 247 g/mol. The van der Waals surface area contributed by atoms with E-state index >= 15 is 0 Å². The predicted octanol–water partition coefficient (Wildman–Crippen LogP) is 3.83. The van der Waals surface area contributed by atoms with Crippen LogP contribution in [0.25, 0.3) is 11.1 Å². The van der Waals surface area contributed by atoms with Gasteiger partial charge in [0.1, 0.15) is 0 Å². The molecule has 0 radical (unpaired) electrons. The molecule has 0 spiro atoms. The van der Waals surface area contributed by atoms with Gasteiger partial charge in [-0.2, -0.15) is 4.89 Å². The van der Waals surface area contributed by atoms with Crippen molar-refractivity contribution in [3.05, 3.63) is 60.2 Å². The van der Waals surface area contributed by atoms with E-state index in [1.54, 1.807) is 0 Å². The summed E-state index contributed by atoms with van der Waals surface area (Å²) >= 11 is 0. The van der Waals surface area contributed by atoms with Crippen LogP contribution in [0.3, 0.4) is 0 Å². The lowest BCUT2D eigenvalue weighted by Gasteiger charge is -2.06. The Labute approximate surface area is 103 Å². The molecule has 1 atom stereocenters. The minimum absolute atomic E-state index is 1.09. The Bertz CT molecular complexity index is 455. The van der Waals surface area contributed by atoms with Crippen LogP contribution in [-0.2, 0) is 11.0 Å². The number of hydrogen-bond donors (Lipinski definition) is 1. The van der Waals surface area contributed by atoms with Crippen LogP contribution in [0.1, 0.15) is 12.5 Å². The zero-order chi connectivity index (χ0) is 12.5. The first-order chi connectivity index (χ1) is 8.33. The van der Waals surface area contributed by atoms with Gasteiger partial charge >= 0.3 is 8.69 Å². The van der Waals surface area contributed by atoms with Crippen molar-refractivity contribution in [1.82, 2.24) is 0 Å². The molecule has 0 aliphatic carbocycles. The van der Waals surface area contributed by atoms with Crippen LogP contribution in [0.4, 0.5) is 0 Å². The Morgan fingerprint density at radius 1 is 1.00 bits per heavy atom. The molecule has 88 valence electrons. The maximum absolute atomic E-state index is 8.51. The molecule has 0 amide bonds. The number of hydrogen-bond acceptors (Lipinski definition) is 1. The van der Waals surface area contributed by atoms with Crippen LogP contribution in [0, 0.1) is 0 Å². The van der Waals surface area contributed by atoms with Gasteiger partial charge in [0.05, 0.1) is 0 Å². The average molecular weight is 247 g/mol. The highest BCUT2D eigenvalue weighted by molar-refractivity contribution is 7.16. The normalized spacial score (nSPS) is 9.53. The molecule has 2 nitrogen and oxygen atoms in total. The largest absolute Gasteiger partial charge is 0.491 e. The van der Waals surface area contributed by atoms with Crippen LogP contribution < -0.4 is 0 Å². The maximum Gasteiger partial charge on any atom is 0.491 e. The molecule has 0 saturated heterocycles. The molecule has 17 heavy (non-hydrogen) atoms. The first kappa shape index (κ1) is 13.6. The molecule has 3 heteroatoms. The Morgan fingerprint density at radius 3 is 2.12 bits per heavy atom. The zero-order valence-corrected chi connectivity index (χ0v) is 10.8. The molecule has 0 heterocycles. The van der Waals surface area contributed by atoms with Crippen LogP contribution in [0.2, 0.25) is 0 Å². The fraction of sp³-hybridized carbons (Fsp3) is 0.143. The summed E-state index contributed by atoms with van der Waals surface area (Å²) in [6.07, 6.45) is 1.09. The summed E-state index contributed by atoms with van der Waals surface area (Å²) in [4.78, 5) is 7.04. The van der Waals surface area contributed by atoms with Gasteiger partial charge in [-0.15, -0.1) is 0 Å². The van der Waals surface area contributed by atoms with Crippen molar-refractivity contribution in [3.8, 4) is 11.1 Å². The van der Waals surface area contributed by atoms with Crippen molar-refractivity contribution in [2.45, 2.75) is 13.3 Å². The smallest absolute Gasteiger partial charge is 0.162 e. The molecule has 2 aromatic carbocycles. The van der Waals surface area contributed by atoms with Crippen molar-refractivity contribution in [1.29, 1.82) is 0 Å². The van der Waals surface area contributed by atoms with E-state index in [0.29, 0.717) is 0 Å². The van der Waals surface area contributed by atoms with Gasteiger partial charge in [0.25, 0.3) is 0 Å². The Morgan fingerprint density at radius 2 is 1.53 bits per heavy atom. The Kier molecular flexibility index (Phi) is 6.16. The van der Waals surface area contributed by atoms with E-state index in [-0.39, 0.29) is 0 Å². The van der Waals surface area contributed by atoms with Gasteiger partial charge < -0.3 is 0 Å². The fourth-order valence-electron chi connectivity index (χ4n) is 1.73. The second-order valence-electron chi connectivity index (χ2n) is 3.47. The lowest BCUT2D eigenvalue weighted by atomic mass is 9.98. The molecular formula is C14H16O2P+. The molecule has 2 rings (SSSR count). The van der Waals surface area contributed by atoms with E-state index in [9.17, 15) is 0 Å². The molecule has 1 N–H and O–H groups in total. The molecule has 1 unspecified atom stereocenters. The molecule has 0 aliphatic heterocycles. The molecule has 2 aromatic rings. The Balaban J connectivity index is 0.000000437. The van der Waals surface area contributed by atoms with Crippen LogP contribution in [-0.4, -0.2) is 4.89 Å². The summed E-state index contributed by atoms with van der Waals surface area (Å²) in [5, 5.41) is 0. The van der Waals surface area contributed by atoms with E-state index in [1.807, 2.05) is 0 Å². The van der Waals surface area contributed by atoms with Crippen molar-refractivity contribution in [3.63, 3.8) is 0 Å². The predicted molar refractivity (Wildman–Crippen MR) is 72.5 cm³/mol. The maximum atomic E-state index is 8.51. The van der Waals surface area contributed by atoms with Crippen molar-refractivity contribution < 1.29 is 9.46 Å². The first-order valence-corrected chi connectivity index (χ1v) is 6.33. The summed E-state index contributed by atoms with van der Waals surface area (Å²) in [5.74, 6) is 0. The molecule has 0 bridgehead atoms. The van der Waals surface area contributed by atoms with Gasteiger partial charge in [0.2, 0.25) is 0 Å². The van der Waals surface area contributed by atoms with Gasteiger partial charge in [-0.3, -0.25) is 0 Å². The summed E-state index contributed by atoms with van der Waals surface area (Å²) in [5.41, 5.74) is 4.08. The molecular weight excluding hydrogens is 231 g/mol. The van der Waals surface area contributed by atoms with Gasteiger partial charge in [0, 0.05) is 0 Å². The highest BCUT2D eigenvalue weighted by atomic mass is 31.1. The van der Waals surface area contributed by atoms with E-state index < -0.39 is 8.69 Å². The third kappa shape index (κ3) is 4.10. The molecule has 0 saturated carbocycles. The molecule has 0 fully saturated rings. The molecule has 0 aromatic heterocycles. The first-order valence-electron chi connectivity index (χ1n) is 5.48. The molecule has 0 aliphatic rings. The number of aryl methyl sites for hydroxylation is 1. The fourth-order valence-corrected chi connectivity index (χ4v) is 1.73. The van der Waals surface area contributed by atoms with Crippen LogP contribution in [0.15, 0.2) is 54.6 Å². The Hall–Kier alpha value is -1.50. The van der Waals surface area contributed by atoms with Gasteiger partial charge in [0.15, 0.2) is 0 Å². The van der Waals surface area contributed by atoms with Crippen LogP contribution in [0.5, 0.6) is 0 Å². The van der Waals surface area contributed by atoms with Crippen molar-refractivity contribution in [2.75, 3.05) is 0 Å². The summed E-state index contributed by atoms with van der Waals surface area (Å²) in [7, 11) is -1.17. The summed E-state index contributed by atoms with van der Waals surface area (Å²) < 4.78 is 8.51. The highest BCUT2D eigenvalue weighted by Crippen LogP contribution is 2.23. The highest BCUT2D eigenvalue weighted by Gasteiger charge is 2.00. The van der Waals surface area contributed by atoms with Crippen molar-refractivity contribution >= 4 is 8.69 Å². The van der Waals surface area contributed by atoms with Crippen LogP contribution >= 0.6 is 8.69 Å². The van der Waals surface area contributed by atoms with E-state index in [4.69, 9.17) is 9.46 Å². The summed E-state index contributed by atoms with van der Waals surface area (Å²) in [6, 6.07) is 19.1. The van der Waals surface area contributed by atoms with E-state index in [0.717, 1.165) is 6.42 Å². The van der Waals surface area contributed by atoms with E-state index in [2.05, 4.69) is 61.5 Å². The average Bonchev–Trinajstić information content (AvgIpc) is 2.40. The lowest BCUT2D eigenvalue weighted by molar-refractivity contribution is 0.524. The van der Waals surface area contributed by atoms with Gasteiger partial charge in [-0.1, -0.05) is 61.5 Å². The minimum atomic E-state index is -1.17. The third-order valence-electron chi connectivity index (χ3n) is 2.48. The van der Waals surface area contributed by atoms with Gasteiger partial charge in [-0.25, -0.2) is 0 Å². The number of rotatable bonds is 2. The van der Waals surface area contributed by atoms with Gasteiger partial charge in [-0.05, 0) is 27.7 Å². The topological polar surface area (TPSA) is 37.3 Å². The third-order valence-corrected chi connectivity index (χ3v) is 2.48. The standard InChI is InChI=1S/C14H14.HO2P/c1-2-12-8-6-7-11-14(12)13-9-4-3-5-10-13;1-3-2/h3-11H,2H2,1H3;3H/p+1.